The van der Waals surface area contributed by atoms with Crippen LogP contribution in [0.5, 0.6) is 0 Å². The molecule has 0 radical (unpaired) electrons. The van der Waals surface area contributed by atoms with Gasteiger partial charge in [-0.3, -0.25) is 4.57 Å². The molecule has 0 fully saturated rings. The number of benzene rings is 10. The molecule has 0 saturated carbocycles. The van der Waals surface area contributed by atoms with Crippen molar-refractivity contribution in [3.63, 3.8) is 0 Å². The number of hydrogen-bond donors (Lipinski definition) is 0. The standard InChI is InChI=1S/C61H37N5O/c1-3-14-38(15-4-1)40-26-28-42(29-27-40)59-62-60(44-31-32-48-47-22-10-12-25-54(47)67-55(48)37-44)64-61(63-59)66-51-24-11-9-23-49(51)56-53(66)35-34-52-57(56)50-33-30-41-18-7-8-21-46(41)58(50)65(52)45-20-13-19-43(36-45)39-16-5-2-6-17-39/h1-37H. The van der Waals surface area contributed by atoms with Gasteiger partial charge in [0.25, 0.3) is 0 Å². The fourth-order valence-corrected chi connectivity index (χ4v) is 10.3. The molecule has 0 amide bonds. The lowest BCUT2D eigenvalue weighted by atomic mass is 10.0. The van der Waals surface area contributed by atoms with Gasteiger partial charge in [-0.1, -0.05) is 176 Å². The summed E-state index contributed by atoms with van der Waals surface area (Å²) in [6.07, 6.45) is 0. The summed E-state index contributed by atoms with van der Waals surface area (Å²) in [4.78, 5) is 15.9. The van der Waals surface area contributed by atoms with Crippen LogP contribution in [-0.4, -0.2) is 24.1 Å². The highest BCUT2D eigenvalue weighted by Gasteiger charge is 2.24. The second kappa shape index (κ2) is 14.7. The second-order valence-electron chi connectivity index (χ2n) is 17.2. The van der Waals surface area contributed by atoms with Crippen molar-refractivity contribution in [1.29, 1.82) is 0 Å². The van der Waals surface area contributed by atoms with E-state index in [2.05, 4.69) is 209 Å². The van der Waals surface area contributed by atoms with Crippen molar-refractivity contribution in [2.24, 2.45) is 0 Å². The Labute approximate surface area is 384 Å². The Morgan fingerprint density at radius 1 is 0.313 bits per heavy atom. The van der Waals surface area contributed by atoms with Crippen LogP contribution in [0.4, 0.5) is 0 Å². The molecule has 14 rings (SSSR count). The van der Waals surface area contributed by atoms with Gasteiger partial charge in [0.1, 0.15) is 11.2 Å². The van der Waals surface area contributed by atoms with Crippen molar-refractivity contribution in [3.05, 3.63) is 224 Å². The lowest BCUT2D eigenvalue weighted by molar-refractivity contribution is 0.669. The Hall–Kier alpha value is -9.13. The van der Waals surface area contributed by atoms with Gasteiger partial charge in [0, 0.05) is 54.5 Å². The van der Waals surface area contributed by atoms with Crippen LogP contribution in [0.3, 0.4) is 0 Å². The summed E-state index contributed by atoms with van der Waals surface area (Å²) in [5, 5.41) is 9.15. The summed E-state index contributed by atoms with van der Waals surface area (Å²) in [6.45, 7) is 0. The Kier molecular flexibility index (Phi) is 8.18. The topological polar surface area (TPSA) is 61.7 Å². The maximum absolute atomic E-state index is 6.39. The first-order valence-electron chi connectivity index (χ1n) is 22.6. The Morgan fingerprint density at radius 2 is 0.881 bits per heavy atom. The van der Waals surface area contributed by atoms with Crippen LogP contribution in [0.2, 0.25) is 0 Å². The number of furan rings is 1. The lowest BCUT2D eigenvalue weighted by Crippen LogP contribution is -2.06. The molecule has 6 nitrogen and oxygen atoms in total. The van der Waals surface area contributed by atoms with Crippen molar-refractivity contribution in [2.75, 3.05) is 0 Å². The average Bonchev–Trinajstić information content (AvgIpc) is 4.07. The predicted octanol–water partition coefficient (Wildman–Crippen LogP) is 15.8. The third-order valence-corrected chi connectivity index (χ3v) is 13.4. The highest BCUT2D eigenvalue weighted by molar-refractivity contribution is 6.31. The van der Waals surface area contributed by atoms with E-state index in [0.717, 1.165) is 77.2 Å². The highest BCUT2D eigenvalue weighted by Crippen LogP contribution is 2.44. The molecule has 312 valence electrons. The van der Waals surface area contributed by atoms with E-state index in [0.29, 0.717) is 17.6 Å². The first kappa shape index (κ1) is 37.3. The zero-order chi connectivity index (χ0) is 44.0. The lowest BCUT2D eigenvalue weighted by Gasteiger charge is -2.12. The Morgan fingerprint density at radius 3 is 1.69 bits per heavy atom. The van der Waals surface area contributed by atoms with Crippen LogP contribution >= 0.6 is 0 Å². The maximum Gasteiger partial charge on any atom is 0.238 e. The van der Waals surface area contributed by atoms with Gasteiger partial charge in [0.15, 0.2) is 11.6 Å². The summed E-state index contributed by atoms with van der Waals surface area (Å²) in [7, 11) is 0. The highest BCUT2D eigenvalue weighted by atomic mass is 16.3. The smallest absolute Gasteiger partial charge is 0.238 e. The number of nitrogens with zero attached hydrogens (tertiary/aromatic N) is 5. The molecule has 14 aromatic rings. The van der Waals surface area contributed by atoms with Crippen molar-refractivity contribution in [1.82, 2.24) is 24.1 Å². The molecule has 0 aliphatic heterocycles. The van der Waals surface area contributed by atoms with Crippen molar-refractivity contribution in [2.45, 2.75) is 0 Å². The van der Waals surface area contributed by atoms with Crippen LogP contribution in [0, 0.1) is 0 Å². The normalized spacial score (nSPS) is 11.9. The van der Waals surface area contributed by atoms with Crippen molar-refractivity contribution < 1.29 is 4.42 Å². The molecule has 0 saturated heterocycles. The quantitative estimate of drug-likeness (QED) is 0.167. The van der Waals surface area contributed by atoms with E-state index < -0.39 is 0 Å². The molecule has 0 aliphatic rings. The van der Waals surface area contributed by atoms with Crippen LogP contribution in [0.15, 0.2) is 229 Å². The van der Waals surface area contributed by atoms with Gasteiger partial charge in [0.05, 0.1) is 22.1 Å². The summed E-state index contributed by atoms with van der Waals surface area (Å²) < 4.78 is 11.1. The summed E-state index contributed by atoms with van der Waals surface area (Å²) in [6, 6.07) is 79.3. The molecule has 0 N–H and O–H groups in total. The molecule has 0 bridgehead atoms. The fourth-order valence-electron chi connectivity index (χ4n) is 10.3. The number of rotatable bonds is 6. The summed E-state index contributed by atoms with van der Waals surface area (Å²) in [5.41, 5.74) is 13.4. The van der Waals surface area contributed by atoms with Gasteiger partial charge in [-0.05, 0) is 76.2 Å². The molecule has 0 atom stereocenters. The largest absolute Gasteiger partial charge is 0.456 e. The van der Waals surface area contributed by atoms with Crippen LogP contribution in [-0.2, 0) is 0 Å². The monoisotopic (exact) mass is 855 g/mol. The zero-order valence-electron chi connectivity index (χ0n) is 36.0. The van der Waals surface area contributed by atoms with Gasteiger partial charge in [-0.2, -0.15) is 9.97 Å². The van der Waals surface area contributed by atoms with E-state index in [4.69, 9.17) is 19.4 Å². The SMILES string of the molecule is c1ccc(-c2ccc(-c3nc(-c4ccc5c(c4)oc4ccccc45)nc(-n4c5ccccc5c5c6c7ccc8ccccc8c7n(-c7cccc(-c8ccccc8)c7)c6ccc54)n3)cc2)cc1. The van der Waals surface area contributed by atoms with Crippen LogP contribution in [0.1, 0.15) is 0 Å². The Balaban J connectivity index is 1.04. The Bertz CT molecular complexity index is 4260. The third-order valence-electron chi connectivity index (χ3n) is 13.4. The summed E-state index contributed by atoms with van der Waals surface area (Å²) in [5.74, 6) is 1.67. The van der Waals surface area contributed by atoms with E-state index >= 15 is 0 Å². The first-order valence-corrected chi connectivity index (χ1v) is 22.6. The predicted molar refractivity (Wildman–Crippen MR) is 275 cm³/mol. The minimum absolute atomic E-state index is 0.534. The minimum atomic E-state index is 0.534. The number of aromatic nitrogens is 5. The van der Waals surface area contributed by atoms with Gasteiger partial charge in [-0.15, -0.1) is 0 Å². The van der Waals surface area contributed by atoms with Crippen LogP contribution in [0.25, 0.3) is 133 Å². The van der Waals surface area contributed by atoms with Crippen molar-refractivity contribution >= 4 is 76.3 Å². The van der Waals surface area contributed by atoms with Gasteiger partial charge < -0.3 is 8.98 Å². The van der Waals surface area contributed by atoms with Gasteiger partial charge in [-0.25, -0.2) is 4.98 Å². The molecule has 0 unspecified atom stereocenters. The molecule has 10 aromatic carbocycles. The maximum atomic E-state index is 6.39. The average molecular weight is 856 g/mol. The minimum Gasteiger partial charge on any atom is -0.456 e. The number of hydrogen-bond acceptors (Lipinski definition) is 4. The van der Waals surface area contributed by atoms with E-state index in [-0.39, 0.29) is 0 Å². The van der Waals surface area contributed by atoms with E-state index in [1.54, 1.807) is 0 Å². The third kappa shape index (κ3) is 5.86. The number of fused-ring (bicyclic) bond motifs is 12. The summed E-state index contributed by atoms with van der Waals surface area (Å²) >= 11 is 0. The van der Waals surface area contributed by atoms with Crippen LogP contribution < -0.4 is 0 Å². The molecule has 6 heteroatoms. The van der Waals surface area contributed by atoms with Gasteiger partial charge >= 0.3 is 0 Å². The second-order valence-corrected chi connectivity index (χ2v) is 17.2. The molecule has 4 heterocycles. The number of para-hydroxylation sites is 2. The molecule has 0 spiro atoms. The van der Waals surface area contributed by atoms with E-state index in [1.165, 1.54) is 38.2 Å². The van der Waals surface area contributed by atoms with E-state index in [9.17, 15) is 0 Å². The molecule has 0 aliphatic carbocycles. The van der Waals surface area contributed by atoms with Crippen molar-refractivity contribution in [3.8, 4) is 56.7 Å². The van der Waals surface area contributed by atoms with E-state index in [1.807, 2.05) is 24.3 Å². The molecular formula is C61H37N5O. The van der Waals surface area contributed by atoms with Gasteiger partial charge in [0.2, 0.25) is 5.95 Å². The molecule has 67 heavy (non-hydrogen) atoms. The fraction of sp³-hybridized carbons (Fsp3) is 0. The molecule has 4 aromatic heterocycles. The zero-order valence-corrected chi connectivity index (χ0v) is 36.0. The molecular weight excluding hydrogens is 819 g/mol. The first-order chi connectivity index (χ1) is 33.2.